The summed E-state index contributed by atoms with van der Waals surface area (Å²) in [5.41, 5.74) is -0.133. The highest BCUT2D eigenvalue weighted by Crippen LogP contribution is 2.28. The normalized spacial score (nSPS) is 10.9. The molecule has 80 valence electrons. The minimum atomic E-state index is -0.133. The molecule has 0 aliphatic rings. The zero-order chi connectivity index (χ0) is 10.9. The van der Waals surface area contributed by atoms with Gasteiger partial charge in [0.1, 0.15) is 6.29 Å². The Morgan fingerprint density at radius 2 is 1.50 bits per heavy atom. The van der Waals surface area contributed by atoms with Crippen molar-refractivity contribution in [3.63, 3.8) is 0 Å². The van der Waals surface area contributed by atoms with E-state index in [0.717, 1.165) is 44.8 Å². The van der Waals surface area contributed by atoms with E-state index < -0.39 is 0 Å². The van der Waals surface area contributed by atoms with Crippen LogP contribution in [-0.2, 0) is 4.79 Å². The lowest BCUT2D eigenvalue weighted by atomic mass is 9.81. The monoisotopic (exact) mass is 194 g/mol. The topological polar surface area (TPSA) is 17.1 Å². The predicted octanol–water partition coefficient (Wildman–Crippen LogP) is 3.90. The van der Waals surface area contributed by atoms with Crippen LogP contribution in [0.15, 0.2) is 25.3 Å². The SMILES string of the molecule is C=CCCCC(C)(C=O)CCCC=C. The highest BCUT2D eigenvalue weighted by atomic mass is 16.1. The molecule has 0 fully saturated rings. The summed E-state index contributed by atoms with van der Waals surface area (Å²) < 4.78 is 0. The standard InChI is InChI=1S/C13H22O/c1-4-6-8-10-13(3,12-14)11-9-7-5-2/h4-5,12H,1-2,6-11H2,3H3. The second-order valence-electron chi connectivity index (χ2n) is 4.13. The first-order valence-electron chi connectivity index (χ1n) is 5.36. The lowest BCUT2D eigenvalue weighted by Gasteiger charge is -2.22. The molecule has 0 aromatic heterocycles. The van der Waals surface area contributed by atoms with E-state index >= 15 is 0 Å². The quantitative estimate of drug-likeness (QED) is 0.309. The van der Waals surface area contributed by atoms with Gasteiger partial charge in [-0.15, -0.1) is 13.2 Å². The summed E-state index contributed by atoms with van der Waals surface area (Å²) in [4.78, 5) is 11.0. The molecule has 0 radical (unpaired) electrons. The Balaban J connectivity index is 3.83. The highest BCUT2D eigenvalue weighted by Gasteiger charge is 2.21. The van der Waals surface area contributed by atoms with Gasteiger partial charge in [-0.3, -0.25) is 0 Å². The number of aldehydes is 1. The second kappa shape index (κ2) is 7.54. The van der Waals surface area contributed by atoms with Gasteiger partial charge in [0.15, 0.2) is 0 Å². The van der Waals surface area contributed by atoms with Gasteiger partial charge < -0.3 is 4.79 Å². The lowest BCUT2D eigenvalue weighted by Crippen LogP contribution is -2.17. The Morgan fingerprint density at radius 3 is 1.79 bits per heavy atom. The molecular weight excluding hydrogens is 172 g/mol. The molecule has 0 atom stereocenters. The van der Waals surface area contributed by atoms with Crippen LogP contribution >= 0.6 is 0 Å². The maximum Gasteiger partial charge on any atom is 0.125 e. The molecule has 0 bridgehead atoms. The van der Waals surface area contributed by atoms with Gasteiger partial charge in [-0.2, -0.15) is 0 Å². The third-order valence-corrected chi connectivity index (χ3v) is 2.60. The molecule has 1 heteroatoms. The van der Waals surface area contributed by atoms with E-state index in [0.29, 0.717) is 0 Å². The fourth-order valence-corrected chi connectivity index (χ4v) is 1.54. The fourth-order valence-electron chi connectivity index (χ4n) is 1.54. The van der Waals surface area contributed by atoms with Gasteiger partial charge in [0, 0.05) is 5.41 Å². The summed E-state index contributed by atoms with van der Waals surface area (Å²) >= 11 is 0. The number of carbonyl (C=O) groups excluding carboxylic acids is 1. The van der Waals surface area contributed by atoms with Crippen molar-refractivity contribution in [3.8, 4) is 0 Å². The molecular formula is C13H22O. The molecule has 0 unspecified atom stereocenters. The zero-order valence-corrected chi connectivity index (χ0v) is 9.30. The maximum absolute atomic E-state index is 11.0. The van der Waals surface area contributed by atoms with Crippen LogP contribution in [0.2, 0.25) is 0 Å². The van der Waals surface area contributed by atoms with Crippen LogP contribution < -0.4 is 0 Å². The average Bonchev–Trinajstić information content (AvgIpc) is 2.19. The molecule has 0 amide bonds. The van der Waals surface area contributed by atoms with Crippen molar-refractivity contribution in [1.82, 2.24) is 0 Å². The van der Waals surface area contributed by atoms with Gasteiger partial charge in [-0.05, 0) is 38.5 Å². The number of hydrogen-bond acceptors (Lipinski definition) is 1. The largest absolute Gasteiger partial charge is 0.303 e. The smallest absolute Gasteiger partial charge is 0.125 e. The molecule has 0 aliphatic heterocycles. The zero-order valence-electron chi connectivity index (χ0n) is 9.30. The van der Waals surface area contributed by atoms with Crippen molar-refractivity contribution in [3.05, 3.63) is 25.3 Å². The van der Waals surface area contributed by atoms with Gasteiger partial charge in [0.25, 0.3) is 0 Å². The Bertz CT molecular complexity index is 168. The van der Waals surface area contributed by atoms with Crippen molar-refractivity contribution >= 4 is 6.29 Å². The molecule has 0 heterocycles. The summed E-state index contributed by atoms with van der Waals surface area (Å²) in [7, 11) is 0. The van der Waals surface area contributed by atoms with Crippen molar-refractivity contribution < 1.29 is 4.79 Å². The predicted molar refractivity (Wildman–Crippen MR) is 62.3 cm³/mol. The minimum absolute atomic E-state index is 0.133. The number of allylic oxidation sites excluding steroid dienone is 2. The average molecular weight is 194 g/mol. The summed E-state index contributed by atoms with van der Waals surface area (Å²) in [5.74, 6) is 0. The number of rotatable bonds is 9. The third-order valence-electron chi connectivity index (χ3n) is 2.60. The third kappa shape index (κ3) is 5.74. The first-order valence-corrected chi connectivity index (χ1v) is 5.36. The summed E-state index contributed by atoms with van der Waals surface area (Å²) in [6.07, 6.45) is 11.0. The van der Waals surface area contributed by atoms with E-state index in [4.69, 9.17) is 0 Å². The van der Waals surface area contributed by atoms with Crippen LogP contribution in [0.5, 0.6) is 0 Å². The van der Waals surface area contributed by atoms with Gasteiger partial charge in [0.05, 0.1) is 0 Å². The van der Waals surface area contributed by atoms with Crippen molar-refractivity contribution in [1.29, 1.82) is 0 Å². The number of unbranched alkanes of at least 4 members (excludes halogenated alkanes) is 2. The van der Waals surface area contributed by atoms with E-state index in [1.54, 1.807) is 0 Å². The van der Waals surface area contributed by atoms with E-state index in [2.05, 4.69) is 13.2 Å². The van der Waals surface area contributed by atoms with Gasteiger partial charge in [0.2, 0.25) is 0 Å². The Morgan fingerprint density at radius 1 is 1.07 bits per heavy atom. The molecule has 1 nitrogen and oxygen atoms in total. The van der Waals surface area contributed by atoms with Gasteiger partial charge in [-0.1, -0.05) is 19.1 Å². The molecule has 0 aromatic carbocycles. The molecule has 0 N–H and O–H groups in total. The van der Waals surface area contributed by atoms with E-state index in [9.17, 15) is 4.79 Å². The molecule has 0 saturated heterocycles. The van der Waals surface area contributed by atoms with E-state index in [1.807, 2.05) is 19.1 Å². The summed E-state index contributed by atoms with van der Waals surface area (Å²) in [6, 6.07) is 0. The molecule has 0 spiro atoms. The van der Waals surface area contributed by atoms with Crippen LogP contribution in [0.4, 0.5) is 0 Å². The van der Waals surface area contributed by atoms with E-state index in [1.165, 1.54) is 0 Å². The molecule has 0 rings (SSSR count). The Labute approximate surface area is 87.9 Å². The molecule has 14 heavy (non-hydrogen) atoms. The fraction of sp³-hybridized carbons (Fsp3) is 0.615. The van der Waals surface area contributed by atoms with Crippen LogP contribution in [0.25, 0.3) is 0 Å². The number of carbonyl (C=O) groups is 1. The second-order valence-corrected chi connectivity index (χ2v) is 4.13. The minimum Gasteiger partial charge on any atom is -0.303 e. The van der Waals surface area contributed by atoms with E-state index in [-0.39, 0.29) is 5.41 Å². The molecule has 0 aromatic rings. The van der Waals surface area contributed by atoms with Crippen LogP contribution in [-0.4, -0.2) is 6.29 Å². The van der Waals surface area contributed by atoms with Crippen LogP contribution in [0, 0.1) is 5.41 Å². The highest BCUT2D eigenvalue weighted by molar-refractivity contribution is 5.58. The van der Waals surface area contributed by atoms with Crippen LogP contribution in [0.3, 0.4) is 0 Å². The molecule has 0 aliphatic carbocycles. The molecule has 0 saturated carbocycles. The maximum atomic E-state index is 11.0. The van der Waals surface area contributed by atoms with Gasteiger partial charge >= 0.3 is 0 Å². The van der Waals surface area contributed by atoms with Crippen molar-refractivity contribution in [2.24, 2.45) is 5.41 Å². The summed E-state index contributed by atoms with van der Waals surface area (Å²) in [6.45, 7) is 9.41. The Hall–Kier alpha value is -0.850. The van der Waals surface area contributed by atoms with Crippen molar-refractivity contribution in [2.75, 3.05) is 0 Å². The first kappa shape index (κ1) is 13.2. The van der Waals surface area contributed by atoms with Gasteiger partial charge in [-0.25, -0.2) is 0 Å². The lowest BCUT2D eigenvalue weighted by molar-refractivity contribution is -0.116. The number of hydrogen-bond donors (Lipinski definition) is 0. The van der Waals surface area contributed by atoms with Crippen molar-refractivity contribution in [2.45, 2.75) is 45.4 Å². The first-order chi connectivity index (χ1) is 6.68. The summed E-state index contributed by atoms with van der Waals surface area (Å²) in [5, 5.41) is 0. The van der Waals surface area contributed by atoms with Crippen LogP contribution in [0.1, 0.15) is 45.4 Å². The Kier molecular flexibility index (Phi) is 7.09.